The van der Waals surface area contributed by atoms with Gasteiger partial charge in [-0.05, 0) is 0 Å². The number of rotatable bonds is 4. The molecule has 2 aliphatic rings. The first kappa shape index (κ1) is 19.7. The molecule has 0 aromatic carbocycles. The summed E-state index contributed by atoms with van der Waals surface area (Å²) in [4.78, 5) is 12.2. The van der Waals surface area contributed by atoms with Gasteiger partial charge >= 0.3 is 148 Å². The Kier molecular flexibility index (Phi) is 4.26. The van der Waals surface area contributed by atoms with Crippen LogP contribution in [0.5, 0.6) is 0 Å². The fraction of sp³-hybridized carbons (Fsp3) is 0.900. The molecular weight excluding hydrogens is 564 g/mol. The van der Waals surface area contributed by atoms with Crippen molar-refractivity contribution in [3.63, 3.8) is 0 Å². The summed E-state index contributed by atoms with van der Waals surface area (Å²) in [5.74, 6) is -1.27. The number of hydrogen-bond donors (Lipinski definition) is 3. The van der Waals surface area contributed by atoms with Crippen LogP contribution < -0.4 is 7.06 Å². The molecule has 3 N–H and O–H groups in total. The van der Waals surface area contributed by atoms with Gasteiger partial charge in [0.1, 0.15) is 0 Å². The van der Waals surface area contributed by atoms with E-state index in [0.717, 1.165) is 0 Å². The number of nitrogens with one attached hydrogen (secondary N) is 2. The van der Waals surface area contributed by atoms with Crippen molar-refractivity contribution in [3.8, 4) is 0 Å². The van der Waals surface area contributed by atoms with Gasteiger partial charge in [0.05, 0.1) is 0 Å². The van der Waals surface area contributed by atoms with Crippen molar-refractivity contribution in [1.82, 2.24) is 7.06 Å². The molecule has 2 saturated heterocycles. The van der Waals surface area contributed by atoms with E-state index in [0.29, 0.717) is 13.8 Å². The third-order valence-electron chi connectivity index (χ3n) is 3.73. The summed E-state index contributed by atoms with van der Waals surface area (Å²) in [6.45, 7) is 2.11. The summed E-state index contributed by atoms with van der Waals surface area (Å²) >= 11 is -0.0796. The van der Waals surface area contributed by atoms with Crippen LogP contribution in [0.2, 0.25) is 0 Å². The van der Waals surface area contributed by atoms with Gasteiger partial charge in [-0.2, -0.15) is 0 Å². The second-order valence-corrected chi connectivity index (χ2v) is 12.2. The predicted molar refractivity (Wildman–Crippen MR) is 82.7 cm³/mol. The van der Waals surface area contributed by atoms with Crippen molar-refractivity contribution < 1.29 is 41.0 Å². The summed E-state index contributed by atoms with van der Waals surface area (Å²) in [6, 6.07) is 0. The van der Waals surface area contributed by atoms with Gasteiger partial charge in [0.2, 0.25) is 0 Å². The zero-order valence-corrected chi connectivity index (χ0v) is 16.1. The second-order valence-electron chi connectivity index (χ2n) is 5.74. The molecule has 2 fully saturated rings. The molecule has 13 heteroatoms. The monoisotopic (exact) mass is 576 g/mol. The van der Waals surface area contributed by atoms with Gasteiger partial charge in [-0.3, -0.25) is 0 Å². The third kappa shape index (κ3) is 2.64. The zero-order valence-electron chi connectivity index (χ0n) is 11.8. The Bertz CT molecular complexity index is 528. The summed E-state index contributed by atoms with van der Waals surface area (Å²) in [7, 11) is 0. The first-order valence-corrected chi connectivity index (χ1v) is 10.3. The summed E-state index contributed by atoms with van der Waals surface area (Å²) in [6.07, 6.45) is -12.2. The Morgan fingerprint density at radius 1 is 1.09 bits per heavy atom. The van der Waals surface area contributed by atoms with Crippen molar-refractivity contribution in [3.05, 3.63) is 0 Å². The van der Waals surface area contributed by atoms with Gasteiger partial charge in [-0.1, -0.05) is 0 Å². The molecule has 23 heavy (non-hydrogen) atoms. The fourth-order valence-electron chi connectivity index (χ4n) is 1.97. The molecule has 0 aromatic rings. The molecule has 2 heterocycles. The van der Waals surface area contributed by atoms with Crippen LogP contribution in [0.1, 0.15) is 20.8 Å². The first-order valence-electron chi connectivity index (χ1n) is 5.98. The SMILES string of the molecule is CC(C)(OC(=O)C(C)(I)C12NI1N2)C(O)(C(F)(F)F)C(F)(F)F. The standard InChI is InChI=1S/C10H12F6I2N2O3/c1-5(2,7(22,8(11,12)13)9(14,15)16)23-4(21)6(3,17)10-18(19-10)20-10/h19-20,22H,1-3H3. The van der Waals surface area contributed by atoms with Crippen LogP contribution in [0.15, 0.2) is 0 Å². The second kappa shape index (κ2) is 4.97. The van der Waals surface area contributed by atoms with Crippen molar-refractivity contribution >= 4 is 48.9 Å². The molecule has 136 valence electrons. The van der Waals surface area contributed by atoms with Crippen LogP contribution in [0.4, 0.5) is 26.3 Å². The predicted octanol–water partition coefficient (Wildman–Crippen LogP) is 2.55. The molecule has 0 spiro atoms. The first-order chi connectivity index (χ1) is 9.94. The van der Waals surface area contributed by atoms with E-state index in [1.165, 1.54) is 6.92 Å². The van der Waals surface area contributed by atoms with Crippen LogP contribution >= 0.6 is 43.0 Å². The van der Waals surface area contributed by atoms with E-state index in [1.807, 2.05) is 0 Å². The van der Waals surface area contributed by atoms with Crippen molar-refractivity contribution in [2.75, 3.05) is 0 Å². The van der Waals surface area contributed by atoms with Crippen LogP contribution in [-0.2, 0) is 9.53 Å². The number of carbonyl (C=O) groups excluding carboxylic acids is 1. The quantitative estimate of drug-likeness (QED) is 0.0912. The van der Waals surface area contributed by atoms with Gasteiger partial charge in [0, 0.05) is 0 Å². The van der Waals surface area contributed by atoms with Crippen molar-refractivity contribution in [2.45, 2.75) is 51.4 Å². The molecule has 0 amide bonds. The minimum atomic E-state index is -6.08. The number of alkyl halides is 8. The number of esters is 1. The molecule has 2 aliphatic heterocycles. The molecular formula is C10H12F6I2N2O3. The van der Waals surface area contributed by atoms with Crippen LogP contribution in [0, 0.1) is 0 Å². The van der Waals surface area contributed by atoms with Gasteiger partial charge in [0.15, 0.2) is 0 Å². The van der Waals surface area contributed by atoms with E-state index >= 15 is 0 Å². The molecule has 0 radical (unpaired) electrons. The third-order valence-corrected chi connectivity index (χ3v) is 10.9. The topological polar surface area (TPSA) is 90.4 Å². The van der Waals surface area contributed by atoms with E-state index in [-0.39, 0.29) is 0 Å². The van der Waals surface area contributed by atoms with E-state index in [4.69, 9.17) is 0 Å². The molecule has 1 unspecified atom stereocenters. The molecule has 2 rings (SSSR count). The molecule has 0 bridgehead atoms. The number of aliphatic hydroxyl groups is 1. The van der Waals surface area contributed by atoms with Crippen molar-refractivity contribution in [2.24, 2.45) is 0 Å². The maximum atomic E-state index is 12.9. The van der Waals surface area contributed by atoms with E-state index in [2.05, 4.69) is 11.8 Å². The minimum absolute atomic E-state index is 0.382. The van der Waals surface area contributed by atoms with Gasteiger partial charge < -0.3 is 0 Å². The number of hydrogen-bond acceptors (Lipinski definition) is 5. The summed E-state index contributed by atoms with van der Waals surface area (Å²) in [5.41, 5.74) is -8.47. The molecule has 0 aromatic heterocycles. The molecule has 5 nitrogen and oxygen atoms in total. The fourth-order valence-corrected chi connectivity index (χ4v) is 9.71. The number of ether oxygens (including phenoxy) is 1. The molecule has 0 aliphatic carbocycles. The summed E-state index contributed by atoms with van der Waals surface area (Å²) < 4.78 is 85.8. The Hall–Kier alpha value is 0.390. The number of halogens is 8. The molecule has 0 saturated carbocycles. The normalized spacial score (nSPS) is 24.6. The average Bonchev–Trinajstić information content (AvgIpc) is 3.11. The van der Waals surface area contributed by atoms with Gasteiger partial charge in [-0.15, -0.1) is 0 Å². The average molecular weight is 576 g/mol. The van der Waals surface area contributed by atoms with E-state index < -0.39 is 57.0 Å². The van der Waals surface area contributed by atoms with Crippen LogP contribution in [0.3, 0.4) is 0 Å². The Morgan fingerprint density at radius 3 is 1.70 bits per heavy atom. The Labute approximate surface area is 148 Å². The van der Waals surface area contributed by atoms with Gasteiger partial charge in [0.25, 0.3) is 0 Å². The van der Waals surface area contributed by atoms with E-state index in [1.54, 1.807) is 22.6 Å². The Morgan fingerprint density at radius 2 is 1.43 bits per heavy atom. The number of carbonyl (C=O) groups is 1. The molecule has 1 atom stereocenters. The van der Waals surface area contributed by atoms with Gasteiger partial charge in [-0.25, -0.2) is 0 Å². The number of fused-ring (bicyclic) bond motifs is 1. The summed E-state index contributed by atoms with van der Waals surface area (Å²) in [5, 5.41) is 9.40. The zero-order chi connectivity index (χ0) is 18.3. The van der Waals surface area contributed by atoms with E-state index in [9.17, 15) is 36.2 Å². The van der Waals surface area contributed by atoms with Crippen LogP contribution in [0.25, 0.3) is 0 Å². The maximum absolute atomic E-state index is 12.9. The van der Waals surface area contributed by atoms with Crippen molar-refractivity contribution in [1.29, 1.82) is 0 Å². The Balaban J connectivity index is 2.30. The van der Waals surface area contributed by atoms with Crippen LogP contribution in [-0.4, -0.2) is 41.7 Å².